The summed E-state index contributed by atoms with van der Waals surface area (Å²) in [4.78, 5) is 36.9. The van der Waals surface area contributed by atoms with Gasteiger partial charge in [-0.1, -0.05) is 91.0 Å². The number of aromatic amines is 2. The zero-order chi connectivity index (χ0) is 27.8. The molecule has 43 heavy (non-hydrogen) atoms. The van der Waals surface area contributed by atoms with Crippen molar-refractivity contribution in [1.29, 1.82) is 0 Å². The molecule has 0 fully saturated rings. The second-order valence-corrected chi connectivity index (χ2v) is 10.5. The van der Waals surface area contributed by atoms with Crippen molar-refractivity contribution in [2.75, 3.05) is 0 Å². The molecule has 2 aliphatic heterocycles. The largest absolute Gasteiger partial charge is 1.00 e. The van der Waals surface area contributed by atoms with Crippen LogP contribution in [0.15, 0.2) is 91.0 Å². The van der Waals surface area contributed by atoms with Crippen LogP contribution in [0.1, 0.15) is 5.56 Å². The Bertz CT molecular complexity index is 2430. The molecular formula is C33H19ClCuN8+. The molecule has 0 amide bonds. The Morgan fingerprint density at radius 3 is 1.33 bits per heavy atom. The third-order valence-electron chi connectivity index (χ3n) is 7.81. The number of nitrogens with one attached hydrogen (secondary N) is 2. The number of alkyl halides is 1. The molecule has 0 spiro atoms. The maximum absolute atomic E-state index is 6.42. The van der Waals surface area contributed by atoms with E-state index in [0.29, 0.717) is 51.8 Å². The maximum Gasteiger partial charge on any atom is 1.00 e. The Kier molecular flexibility index (Phi) is 5.87. The van der Waals surface area contributed by atoms with Crippen molar-refractivity contribution in [3.63, 3.8) is 0 Å². The molecule has 2 N–H and O–H groups in total. The number of benzene rings is 4. The molecule has 0 aliphatic carbocycles. The third-order valence-corrected chi connectivity index (χ3v) is 8.10. The Balaban J connectivity index is 0.00000278. The first-order valence-electron chi connectivity index (χ1n) is 13.5. The van der Waals surface area contributed by atoms with E-state index in [4.69, 9.17) is 41.5 Å². The van der Waals surface area contributed by atoms with Crippen LogP contribution in [0.2, 0.25) is 0 Å². The van der Waals surface area contributed by atoms with Crippen LogP contribution < -0.4 is 0 Å². The van der Waals surface area contributed by atoms with E-state index in [1.165, 1.54) is 0 Å². The minimum Gasteiger partial charge on any atom is -0.324 e. The van der Waals surface area contributed by atoms with Crippen LogP contribution >= 0.6 is 11.6 Å². The van der Waals surface area contributed by atoms with Gasteiger partial charge in [-0.2, -0.15) is 0 Å². The molecule has 9 rings (SSSR count). The van der Waals surface area contributed by atoms with Gasteiger partial charge in [0.25, 0.3) is 0 Å². The van der Waals surface area contributed by atoms with Crippen molar-refractivity contribution in [2.45, 2.75) is 5.88 Å². The van der Waals surface area contributed by atoms with Gasteiger partial charge >= 0.3 is 17.1 Å². The van der Waals surface area contributed by atoms with Gasteiger partial charge in [-0.05, 0) is 5.56 Å². The van der Waals surface area contributed by atoms with E-state index in [1.54, 1.807) is 0 Å². The summed E-state index contributed by atoms with van der Waals surface area (Å²) < 4.78 is 0. The minimum atomic E-state index is 0. The fraction of sp³-hybridized carbons (Fsp3) is 0.0303. The summed E-state index contributed by atoms with van der Waals surface area (Å²) in [5.41, 5.74) is 7.20. The van der Waals surface area contributed by atoms with E-state index < -0.39 is 0 Å². The summed E-state index contributed by atoms with van der Waals surface area (Å²) in [6.45, 7) is 0. The number of halogens is 1. The molecule has 0 atom stereocenters. The minimum absolute atomic E-state index is 0. The molecule has 0 unspecified atom stereocenters. The van der Waals surface area contributed by atoms with Crippen molar-refractivity contribution in [1.82, 2.24) is 39.9 Å². The number of aromatic nitrogens is 8. The zero-order valence-corrected chi connectivity index (χ0v) is 23.9. The molecule has 8 bridgehead atoms. The summed E-state index contributed by atoms with van der Waals surface area (Å²) in [5.74, 6) is 2.62. The smallest absolute Gasteiger partial charge is 0.324 e. The van der Waals surface area contributed by atoms with Crippen LogP contribution in [0, 0.1) is 0 Å². The molecule has 0 radical (unpaired) electrons. The van der Waals surface area contributed by atoms with E-state index >= 15 is 0 Å². The normalized spacial score (nSPS) is 11.7. The first-order valence-corrected chi connectivity index (χ1v) is 14.1. The second kappa shape index (κ2) is 9.81. The SMILES string of the molecule is ClCc1cccc2c3nc4nc(nc5[nH]c(nc6nc(nc([nH]3)c12)-c1ccccc1-6)c1ccccc51)-c1ccccc1-4.[Cu+]. The number of fused-ring (bicyclic) bond motifs is 20. The summed E-state index contributed by atoms with van der Waals surface area (Å²) in [5, 5.41) is 3.70. The average molecular weight is 627 g/mol. The van der Waals surface area contributed by atoms with Crippen molar-refractivity contribution in [3.8, 4) is 45.6 Å². The number of hydrogen-bond acceptors (Lipinski definition) is 6. The van der Waals surface area contributed by atoms with Gasteiger partial charge in [0, 0.05) is 49.7 Å². The standard InChI is InChI=1S/C33H19ClN8.Cu/c34-16-17-8-7-15-24-25(17)33-41-31-23-14-6-5-13-22(23)29(39-31)37-27-19-10-2-1-9-18(19)26(35-27)36-28-20-11-3-4-12-21(20)30(38-28)40-32(24)42-33;/h1-15H,16H2,(H2,35,36,37,38,39,40,41,42);/q;+1. The third kappa shape index (κ3) is 3.90. The fourth-order valence-electron chi connectivity index (χ4n) is 5.87. The van der Waals surface area contributed by atoms with Crippen LogP contribution in [-0.4, -0.2) is 39.9 Å². The molecule has 4 aromatic carbocycles. The molecule has 3 aromatic heterocycles. The molecule has 0 saturated heterocycles. The van der Waals surface area contributed by atoms with Crippen LogP contribution in [-0.2, 0) is 22.9 Å². The number of rotatable bonds is 1. The number of nitrogens with zero attached hydrogens (tertiary/aromatic N) is 6. The second-order valence-electron chi connectivity index (χ2n) is 10.2. The van der Waals surface area contributed by atoms with Gasteiger partial charge < -0.3 is 9.97 Å². The summed E-state index contributed by atoms with van der Waals surface area (Å²) in [7, 11) is 0. The van der Waals surface area contributed by atoms with Gasteiger partial charge in [0.1, 0.15) is 22.6 Å². The van der Waals surface area contributed by atoms with Crippen molar-refractivity contribution in [3.05, 3.63) is 96.6 Å². The van der Waals surface area contributed by atoms with Crippen LogP contribution in [0.3, 0.4) is 0 Å². The summed E-state index contributed by atoms with van der Waals surface area (Å²) in [6, 6.07) is 30.1. The van der Waals surface area contributed by atoms with E-state index in [1.807, 2.05) is 91.0 Å². The van der Waals surface area contributed by atoms with Gasteiger partial charge in [0.15, 0.2) is 23.3 Å². The summed E-state index contributed by atoms with van der Waals surface area (Å²) >= 11 is 6.42. The molecule has 8 nitrogen and oxygen atoms in total. The maximum atomic E-state index is 6.42. The average Bonchev–Trinajstić information content (AvgIpc) is 3.76. The van der Waals surface area contributed by atoms with Gasteiger partial charge in [0.2, 0.25) is 0 Å². The van der Waals surface area contributed by atoms with E-state index in [2.05, 4.69) is 9.97 Å². The van der Waals surface area contributed by atoms with Crippen LogP contribution in [0.5, 0.6) is 0 Å². The Morgan fingerprint density at radius 2 is 0.837 bits per heavy atom. The molecule has 2 aliphatic rings. The predicted octanol–water partition coefficient (Wildman–Crippen LogP) is 7.61. The number of hydrogen-bond donors (Lipinski definition) is 2. The zero-order valence-electron chi connectivity index (χ0n) is 22.2. The molecule has 208 valence electrons. The molecular weight excluding hydrogens is 607 g/mol. The van der Waals surface area contributed by atoms with Crippen molar-refractivity contribution >= 4 is 55.7 Å². The first kappa shape index (κ1) is 25.7. The fourth-order valence-corrected chi connectivity index (χ4v) is 6.10. The number of H-pyrrole nitrogens is 2. The molecule has 10 heteroatoms. The Labute approximate surface area is 259 Å². The van der Waals surface area contributed by atoms with Gasteiger partial charge in [-0.15, -0.1) is 11.6 Å². The van der Waals surface area contributed by atoms with Gasteiger partial charge in [-0.3, -0.25) is 0 Å². The van der Waals surface area contributed by atoms with Crippen LogP contribution in [0.4, 0.5) is 0 Å². The first-order chi connectivity index (χ1) is 20.7. The van der Waals surface area contributed by atoms with E-state index in [9.17, 15) is 0 Å². The van der Waals surface area contributed by atoms with Gasteiger partial charge in [0.05, 0.1) is 0 Å². The van der Waals surface area contributed by atoms with Crippen molar-refractivity contribution in [2.24, 2.45) is 0 Å². The van der Waals surface area contributed by atoms with Gasteiger partial charge in [-0.25, -0.2) is 29.9 Å². The molecule has 7 aromatic rings. The van der Waals surface area contributed by atoms with Crippen molar-refractivity contribution < 1.29 is 17.1 Å². The Morgan fingerprint density at radius 1 is 0.442 bits per heavy atom. The predicted molar refractivity (Wildman–Crippen MR) is 166 cm³/mol. The summed E-state index contributed by atoms with van der Waals surface area (Å²) in [6.07, 6.45) is 0. The molecule has 0 saturated carbocycles. The van der Waals surface area contributed by atoms with E-state index in [-0.39, 0.29) is 17.1 Å². The quantitative estimate of drug-likeness (QED) is 0.143. The van der Waals surface area contributed by atoms with Crippen LogP contribution in [0.25, 0.3) is 89.7 Å². The Hall–Kier alpha value is -4.95. The monoisotopic (exact) mass is 625 g/mol. The van der Waals surface area contributed by atoms with E-state index in [0.717, 1.165) is 49.4 Å². The molecule has 5 heterocycles. The topological polar surface area (TPSA) is 109 Å².